The van der Waals surface area contributed by atoms with Gasteiger partial charge >= 0.3 is 11.6 Å². The summed E-state index contributed by atoms with van der Waals surface area (Å²) in [6.45, 7) is 5.23. The third-order valence-corrected chi connectivity index (χ3v) is 6.13. The molecule has 4 aromatic rings. The van der Waals surface area contributed by atoms with Crippen molar-refractivity contribution in [1.29, 1.82) is 0 Å². The van der Waals surface area contributed by atoms with E-state index in [0.717, 1.165) is 16.5 Å². The zero-order chi connectivity index (χ0) is 23.9. The van der Waals surface area contributed by atoms with Crippen LogP contribution in [-0.2, 0) is 16.0 Å². The van der Waals surface area contributed by atoms with Crippen molar-refractivity contribution < 1.29 is 23.5 Å². The Bertz CT molecular complexity index is 1450. The Kier molecular flexibility index (Phi) is 5.99. The van der Waals surface area contributed by atoms with E-state index in [1.807, 2.05) is 25.1 Å². The van der Waals surface area contributed by atoms with E-state index >= 15 is 0 Å². The van der Waals surface area contributed by atoms with E-state index in [1.54, 1.807) is 32.2 Å². The minimum atomic E-state index is -1.12. The molecule has 2 heterocycles. The van der Waals surface area contributed by atoms with Gasteiger partial charge in [-0.15, -0.1) is 0 Å². The normalized spacial score (nSPS) is 12.2. The Morgan fingerprint density at radius 1 is 1.09 bits per heavy atom. The van der Waals surface area contributed by atoms with Crippen molar-refractivity contribution in [2.24, 2.45) is 0 Å². The highest BCUT2D eigenvalue weighted by Gasteiger charge is 2.22. The topological polar surface area (TPSA) is 110 Å². The predicted molar refractivity (Wildman–Crippen MR) is 126 cm³/mol. The quantitative estimate of drug-likeness (QED) is 0.386. The number of carboxylic acids is 1. The number of carbonyl (C=O) groups excluding carboxylic acids is 1. The molecule has 0 saturated carbocycles. The molecule has 2 aromatic heterocycles. The van der Waals surface area contributed by atoms with Gasteiger partial charge in [0.15, 0.2) is 0 Å². The van der Waals surface area contributed by atoms with E-state index < -0.39 is 23.5 Å². The summed E-state index contributed by atoms with van der Waals surface area (Å²) in [5, 5.41) is 13.8. The van der Waals surface area contributed by atoms with Gasteiger partial charge in [-0.2, -0.15) is 0 Å². The number of halogens is 1. The summed E-state index contributed by atoms with van der Waals surface area (Å²) in [5.74, 6) is -1.68. The molecule has 8 heteroatoms. The fraction of sp³-hybridized carbons (Fsp3) is 0.240. The van der Waals surface area contributed by atoms with Crippen LogP contribution in [0.1, 0.15) is 30.0 Å². The van der Waals surface area contributed by atoms with Crippen molar-refractivity contribution in [3.63, 3.8) is 0 Å². The highest BCUT2D eigenvalue weighted by molar-refractivity contribution is 6.30. The third-order valence-electron chi connectivity index (χ3n) is 5.88. The molecule has 0 unspecified atom stereocenters. The highest BCUT2D eigenvalue weighted by Crippen LogP contribution is 2.37. The maximum Gasteiger partial charge on any atom is 0.340 e. The predicted octanol–water partition coefficient (Wildman–Crippen LogP) is 5.00. The average molecular weight is 468 g/mol. The second-order valence-corrected chi connectivity index (χ2v) is 8.38. The van der Waals surface area contributed by atoms with Gasteiger partial charge in [0.2, 0.25) is 5.91 Å². The van der Waals surface area contributed by atoms with Crippen molar-refractivity contribution in [2.75, 3.05) is 0 Å². The molecule has 0 fully saturated rings. The van der Waals surface area contributed by atoms with Crippen LogP contribution in [0.15, 0.2) is 50.2 Å². The Balaban J connectivity index is 1.83. The first-order chi connectivity index (χ1) is 15.7. The van der Waals surface area contributed by atoms with Crippen LogP contribution >= 0.6 is 11.6 Å². The SMILES string of the molecule is CC[C@@H](NC(=O)Cc1c(C)c2cc3c(-c4ccc(Cl)cc4)coc3c(C)c2oc1=O)C(=O)O. The first kappa shape index (κ1) is 22.6. The molecular formula is C25H22ClNO6. The lowest BCUT2D eigenvalue weighted by atomic mass is 9.97. The molecule has 0 aliphatic heterocycles. The summed E-state index contributed by atoms with van der Waals surface area (Å²) in [7, 11) is 0. The molecule has 0 radical (unpaired) electrons. The van der Waals surface area contributed by atoms with Gasteiger partial charge in [0, 0.05) is 26.9 Å². The summed E-state index contributed by atoms with van der Waals surface area (Å²) in [4.78, 5) is 36.4. The molecule has 1 atom stereocenters. The Morgan fingerprint density at radius 2 is 1.79 bits per heavy atom. The number of rotatable bonds is 6. The van der Waals surface area contributed by atoms with Crippen molar-refractivity contribution in [3.8, 4) is 11.1 Å². The largest absolute Gasteiger partial charge is 0.480 e. The van der Waals surface area contributed by atoms with Crippen molar-refractivity contribution in [3.05, 3.63) is 68.7 Å². The highest BCUT2D eigenvalue weighted by atomic mass is 35.5. The number of amides is 1. The number of hydrogen-bond acceptors (Lipinski definition) is 5. The van der Waals surface area contributed by atoms with Gasteiger partial charge in [-0.25, -0.2) is 9.59 Å². The van der Waals surface area contributed by atoms with Gasteiger partial charge < -0.3 is 19.3 Å². The fourth-order valence-electron chi connectivity index (χ4n) is 4.00. The van der Waals surface area contributed by atoms with E-state index in [2.05, 4.69) is 5.32 Å². The number of carboxylic acid groups (broad SMARTS) is 1. The van der Waals surface area contributed by atoms with Crippen molar-refractivity contribution in [1.82, 2.24) is 5.32 Å². The molecule has 4 rings (SSSR count). The van der Waals surface area contributed by atoms with Gasteiger partial charge in [0.1, 0.15) is 17.2 Å². The lowest BCUT2D eigenvalue weighted by Gasteiger charge is -2.13. The maximum atomic E-state index is 12.7. The van der Waals surface area contributed by atoms with Crippen LogP contribution in [0.3, 0.4) is 0 Å². The minimum absolute atomic E-state index is 0.190. The number of furan rings is 1. The molecular weight excluding hydrogens is 446 g/mol. The number of benzene rings is 2. The van der Waals surface area contributed by atoms with Crippen molar-refractivity contribution >= 4 is 45.4 Å². The van der Waals surface area contributed by atoms with Crippen LogP contribution in [0, 0.1) is 13.8 Å². The smallest absolute Gasteiger partial charge is 0.340 e. The van der Waals surface area contributed by atoms with Crippen LogP contribution in [0.4, 0.5) is 0 Å². The molecule has 0 aliphatic carbocycles. The lowest BCUT2D eigenvalue weighted by Crippen LogP contribution is -2.41. The van der Waals surface area contributed by atoms with Crippen LogP contribution < -0.4 is 10.9 Å². The third kappa shape index (κ3) is 4.12. The Morgan fingerprint density at radius 3 is 2.42 bits per heavy atom. The molecule has 7 nitrogen and oxygen atoms in total. The standard InChI is InChI=1S/C25H22ClNO6/c1-4-20(24(29)30)27-21(28)10-17-12(2)16-9-18-19(14-5-7-15(26)8-6-14)11-32-22(18)13(3)23(16)33-25(17)31/h5-9,11,20H,4,10H2,1-3H3,(H,27,28)(H,29,30)/t20-/m1/s1. The number of nitrogens with one attached hydrogen (secondary N) is 1. The molecule has 0 bridgehead atoms. The van der Waals surface area contributed by atoms with Gasteiger partial charge in [-0.3, -0.25) is 4.79 Å². The lowest BCUT2D eigenvalue weighted by molar-refractivity contribution is -0.141. The molecule has 33 heavy (non-hydrogen) atoms. The zero-order valence-corrected chi connectivity index (χ0v) is 19.1. The number of aliphatic carboxylic acids is 1. The first-order valence-corrected chi connectivity index (χ1v) is 10.8. The Labute approximate surface area is 194 Å². The average Bonchev–Trinajstić information content (AvgIpc) is 3.20. The molecule has 170 valence electrons. The Hall–Kier alpha value is -3.58. The fourth-order valence-corrected chi connectivity index (χ4v) is 4.12. The van der Waals surface area contributed by atoms with Crippen LogP contribution in [0.25, 0.3) is 33.1 Å². The molecule has 1 amide bonds. The van der Waals surface area contributed by atoms with Gasteiger partial charge in [-0.05, 0) is 49.6 Å². The van der Waals surface area contributed by atoms with E-state index in [4.69, 9.17) is 20.4 Å². The second-order valence-electron chi connectivity index (χ2n) is 7.95. The van der Waals surface area contributed by atoms with Crippen molar-refractivity contribution in [2.45, 2.75) is 39.7 Å². The minimum Gasteiger partial charge on any atom is -0.480 e. The van der Waals surface area contributed by atoms with Crippen LogP contribution in [-0.4, -0.2) is 23.0 Å². The van der Waals surface area contributed by atoms with E-state index in [-0.39, 0.29) is 18.4 Å². The van der Waals surface area contributed by atoms with Gasteiger partial charge in [0.25, 0.3) is 0 Å². The molecule has 2 N–H and O–H groups in total. The summed E-state index contributed by atoms with van der Waals surface area (Å²) in [5.41, 5.74) is 3.62. The summed E-state index contributed by atoms with van der Waals surface area (Å²) < 4.78 is 11.4. The van der Waals surface area contributed by atoms with Crippen LogP contribution in [0.2, 0.25) is 5.02 Å². The summed E-state index contributed by atoms with van der Waals surface area (Å²) in [6.07, 6.45) is 1.61. The second kappa shape index (κ2) is 8.75. The zero-order valence-electron chi connectivity index (χ0n) is 18.3. The first-order valence-electron chi connectivity index (χ1n) is 10.5. The van der Waals surface area contributed by atoms with E-state index in [9.17, 15) is 19.5 Å². The molecule has 0 spiro atoms. The number of hydrogen-bond donors (Lipinski definition) is 2. The van der Waals surface area contributed by atoms with E-state index in [1.165, 1.54) is 0 Å². The summed E-state index contributed by atoms with van der Waals surface area (Å²) in [6, 6.07) is 8.26. The molecule has 0 aliphatic rings. The van der Waals surface area contributed by atoms with Gasteiger partial charge in [0.05, 0.1) is 18.2 Å². The maximum absolute atomic E-state index is 12.7. The molecule has 0 saturated heterocycles. The monoisotopic (exact) mass is 467 g/mol. The number of aryl methyl sites for hydroxylation is 2. The van der Waals surface area contributed by atoms with Gasteiger partial charge in [-0.1, -0.05) is 30.7 Å². The molecule has 2 aromatic carbocycles. The summed E-state index contributed by atoms with van der Waals surface area (Å²) >= 11 is 6.02. The number of carbonyl (C=O) groups is 2. The van der Waals surface area contributed by atoms with Crippen LogP contribution in [0.5, 0.6) is 0 Å². The van der Waals surface area contributed by atoms with E-state index in [0.29, 0.717) is 32.7 Å². The number of fused-ring (bicyclic) bond motifs is 2.